The van der Waals surface area contributed by atoms with Crippen LogP contribution in [0.5, 0.6) is 0 Å². The van der Waals surface area contributed by atoms with E-state index in [2.05, 4.69) is 15.0 Å². The number of nitriles is 1. The van der Waals surface area contributed by atoms with E-state index in [4.69, 9.17) is 15.0 Å². The van der Waals surface area contributed by atoms with Crippen LogP contribution in [0, 0.1) is 11.3 Å². The van der Waals surface area contributed by atoms with Crippen LogP contribution in [0.25, 0.3) is 0 Å². The zero-order valence-electron chi connectivity index (χ0n) is 23.8. The fourth-order valence-corrected chi connectivity index (χ4v) is 9.39. The number of ether oxygens (including phenoxy) is 1. The number of carbonyl (C=O) groups excluding carboxylic acids is 1. The third kappa shape index (κ3) is 5.29. The summed E-state index contributed by atoms with van der Waals surface area (Å²) in [4.78, 5) is 51.0. The van der Waals surface area contributed by atoms with Crippen LogP contribution in [-0.2, 0) is 9.26 Å². The molecule has 1 unspecified atom stereocenters. The van der Waals surface area contributed by atoms with Crippen molar-refractivity contribution in [3.63, 3.8) is 0 Å². The second-order valence-corrected chi connectivity index (χ2v) is 14.3. The van der Waals surface area contributed by atoms with E-state index in [1.165, 1.54) is 9.57 Å². The van der Waals surface area contributed by atoms with Crippen LogP contribution >= 0.6 is 7.43 Å². The van der Waals surface area contributed by atoms with Gasteiger partial charge in [0.05, 0.1) is 0 Å². The van der Waals surface area contributed by atoms with Gasteiger partial charge in [0.1, 0.15) is 0 Å². The molecule has 0 amide bonds. The first-order valence-electron chi connectivity index (χ1n) is 13.5. The Morgan fingerprint density at radius 2 is 1.93 bits per heavy atom. The number of carbonyl (C=O) groups is 1. The number of rotatable bonds is 11. The molecule has 1 aromatic carbocycles. The van der Waals surface area contributed by atoms with Crippen LogP contribution in [0.2, 0.25) is 0 Å². The van der Waals surface area contributed by atoms with Crippen molar-refractivity contribution in [2.75, 3.05) is 19.4 Å². The number of benzene rings is 1. The molecule has 0 aliphatic carbocycles. The van der Waals surface area contributed by atoms with Gasteiger partial charge in [0.25, 0.3) is 0 Å². The number of fused-ring (bicyclic) bond motifs is 1. The van der Waals surface area contributed by atoms with Crippen molar-refractivity contribution >= 4 is 31.1 Å². The summed E-state index contributed by atoms with van der Waals surface area (Å²) in [6.45, 7) is 5.62. The van der Waals surface area contributed by atoms with Crippen molar-refractivity contribution < 1.29 is 39.2 Å². The number of amidine groups is 1. The Kier molecular flexibility index (Phi) is 8.73. The number of hydrogen-bond acceptors (Lipinski definition) is 15. The number of Topliss-reactive ketones (excluding diaryl/α,β-unsaturated/α-hetero) is 1. The monoisotopic (exact) mass is 607 g/mol. The van der Waals surface area contributed by atoms with Crippen molar-refractivity contribution in [1.82, 2.24) is 9.57 Å². The fourth-order valence-electron chi connectivity index (χ4n) is 5.80. The van der Waals surface area contributed by atoms with Gasteiger partial charge in [-0.05, 0) is 0 Å². The van der Waals surface area contributed by atoms with Gasteiger partial charge in [-0.3, -0.25) is 0 Å². The second-order valence-electron chi connectivity index (χ2n) is 11.0. The first-order valence-corrected chi connectivity index (χ1v) is 15.7. The van der Waals surface area contributed by atoms with Gasteiger partial charge in [-0.15, -0.1) is 0 Å². The Balaban J connectivity index is 1.67. The third-order valence-corrected chi connectivity index (χ3v) is 11.0. The first-order chi connectivity index (χ1) is 19.6. The van der Waals surface area contributed by atoms with Crippen LogP contribution < -0.4 is 5.73 Å². The van der Waals surface area contributed by atoms with Gasteiger partial charge in [-0.1, -0.05) is 6.07 Å². The van der Waals surface area contributed by atoms with Gasteiger partial charge in [0.15, 0.2) is 0 Å². The Labute approximate surface area is 243 Å². The average molecular weight is 608 g/mol. The summed E-state index contributed by atoms with van der Waals surface area (Å²) in [7, 11) is -5.60. The molecule has 3 aliphatic heterocycles. The standard InChI is InChI=1S/C26H38N7O8P/c1-16(2)33(17(3)4)42(38,39,12-8-11-27)41-26(37)19(13-34)40-24(22(26)36)32-15-30-20-23(32)29-14-31-25(20,28)21(35)18-9-6-5-7-10-18/h5-7,9-10,14,16-17,19,22,24,34,36-39H,8,12-13,15,28H2,1-4H3/t19-,22+,24-,25?,26+/m1/s1. The minimum absolute atomic E-state index is 0.00434. The molecule has 3 heterocycles. The molecule has 1 aromatic rings. The summed E-state index contributed by atoms with van der Waals surface area (Å²) in [5, 5.41) is 42.6. The number of aliphatic hydroxyl groups excluding tert-OH is 2. The Morgan fingerprint density at radius 3 is 2.50 bits per heavy atom. The Morgan fingerprint density at radius 1 is 1.29 bits per heavy atom. The maximum absolute atomic E-state index is 13.4. The number of ketones is 1. The Bertz CT molecular complexity index is 1330. The van der Waals surface area contributed by atoms with E-state index in [0.717, 1.165) is 6.34 Å². The van der Waals surface area contributed by atoms with E-state index in [1.54, 1.807) is 58.0 Å². The SMILES string of the molecule is CC(C)N(C(C)C)P(O)(O)(CCC#N)O[C@@]1(O)[C@@H](CO)O[C@@H](N2CN=C3C2=NC=NC3(N)C(=O)c2ccccc2)[C@@H]1O. The van der Waals surface area contributed by atoms with E-state index in [0.29, 0.717) is 0 Å². The van der Waals surface area contributed by atoms with Crippen LogP contribution in [-0.4, -0.2) is 120 Å². The zero-order valence-corrected chi connectivity index (χ0v) is 24.7. The fraction of sp³-hybridized carbons (Fsp3) is 0.577. The van der Waals surface area contributed by atoms with Crippen LogP contribution in [0.1, 0.15) is 44.5 Å². The second kappa shape index (κ2) is 11.4. The van der Waals surface area contributed by atoms with Crippen LogP contribution in [0.15, 0.2) is 45.3 Å². The summed E-state index contributed by atoms with van der Waals surface area (Å²) >= 11 is 0. The molecule has 1 fully saturated rings. The molecular formula is C26H38N7O8P. The average Bonchev–Trinajstić information content (AvgIpc) is 3.46. The first kappa shape index (κ1) is 32.2. The quantitative estimate of drug-likeness (QED) is 0.108. The van der Waals surface area contributed by atoms with Crippen LogP contribution in [0.3, 0.4) is 0 Å². The molecule has 16 heteroatoms. The molecule has 7 N–H and O–H groups in total. The number of hydrogen-bond donors (Lipinski definition) is 6. The van der Waals surface area contributed by atoms with Gasteiger partial charge in [0, 0.05) is 0 Å². The minimum atomic E-state index is -5.60. The van der Waals surface area contributed by atoms with E-state index < -0.39 is 68.0 Å². The molecule has 0 aromatic heterocycles. The van der Waals surface area contributed by atoms with Crippen LogP contribution in [0.4, 0.5) is 0 Å². The molecule has 0 saturated carbocycles. The third-order valence-electron chi connectivity index (χ3n) is 7.45. The maximum atomic E-state index is 13.4. The zero-order chi connectivity index (χ0) is 31.1. The van der Waals surface area contributed by atoms with Gasteiger partial charge < -0.3 is 0 Å². The molecule has 0 bridgehead atoms. The molecule has 0 spiro atoms. The molecule has 3 aliphatic rings. The normalized spacial score (nSPS) is 30.2. The predicted molar refractivity (Wildman–Crippen MR) is 154 cm³/mol. The number of nitrogens with two attached hydrogens (primary N) is 1. The topological polar surface area (TPSA) is 230 Å². The van der Waals surface area contributed by atoms with Crippen molar-refractivity contribution in [3.05, 3.63) is 35.9 Å². The molecule has 230 valence electrons. The van der Waals surface area contributed by atoms with Crippen molar-refractivity contribution in [1.29, 1.82) is 5.26 Å². The summed E-state index contributed by atoms with van der Waals surface area (Å²) in [6.07, 6.45) is -5.01. The summed E-state index contributed by atoms with van der Waals surface area (Å²) in [6, 6.07) is 9.07. The van der Waals surface area contributed by atoms with Gasteiger partial charge in [-0.25, -0.2) is 0 Å². The predicted octanol–water partition coefficient (Wildman–Crippen LogP) is -0.308. The van der Waals surface area contributed by atoms with E-state index in [9.17, 15) is 35.2 Å². The van der Waals surface area contributed by atoms with Gasteiger partial charge >= 0.3 is 237 Å². The van der Waals surface area contributed by atoms with E-state index in [-0.39, 0.29) is 30.2 Å². The molecule has 15 nitrogen and oxygen atoms in total. The molecule has 5 atom stereocenters. The van der Waals surface area contributed by atoms with E-state index >= 15 is 0 Å². The molecule has 1 saturated heterocycles. The van der Waals surface area contributed by atoms with Crippen molar-refractivity contribution in [2.24, 2.45) is 20.7 Å². The van der Waals surface area contributed by atoms with Crippen molar-refractivity contribution in [2.45, 2.75) is 76.1 Å². The van der Waals surface area contributed by atoms with Gasteiger partial charge in [-0.2, -0.15) is 0 Å². The van der Waals surface area contributed by atoms with Crippen molar-refractivity contribution in [3.8, 4) is 6.07 Å². The molecule has 42 heavy (non-hydrogen) atoms. The molecular weight excluding hydrogens is 569 g/mol. The van der Waals surface area contributed by atoms with Gasteiger partial charge in [0.2, 0.25) is 0 Å². The summed E-state index contributed by atoms with van der Waals surface area (Å²) in [5.74, 6) is -3.38. The summed E-state index contributed by atoms with van der Waals surface area (Å²) in [5.41, 5.74) is 4.81. The summed E-state index contributed by atoms with van der Waals surface area (Å²) < 4.78 is 12.8. The number of aliphatic imine (C=N–C) groups is 3. The number of aliphatic hydroxyl groups is 3. The molecule has 4 rings (SSSR count). The number of nitrogens with zero attached hydrogens (tertiary/aromatic N) is 6. The van der Waals surface area contributed by atoms with E-state index in [1.807, 2.05) is 6.07 Å². The Hall–Kier alpha value is -2.74. The molecule has 0 radical (unpaired) electrons.